The van der Waals surface area contributed by atoms with Crippen LogP contribution in [0.15, 0.2) is 60.0 Å². The summed E-state index contributed by atoms with van der Waals surface area (Å²) in [4.78, 5) is 0. The summed E-state index contributed by atoms with van der Waals surface area (Å²) < 4.78 is 22.3. The second-order valence-corrected chi connectivity index (χ2v) is 6.58. The van der Waals surface area contributed by atoms with Gasteiger partial charge in [0.25, 0.3) is 0 Å². The molecule has 6 nitrogen and oxygen atoms in total. The number of nitriles is 1. The molecule has 0 bridgehead atoms. The van der Waals surface area contributed by atoms with Crippen LogP contribution in [0.5, 0.6) is 23.0 Å². The summed E-state index contributed by atoms with van der Waals surface area (Å²) in [6, 6.07) is 17.7. The number of nitrogens with two attached hydrogens (primary N) is 1. The fourth-order valence-electron chi connectivity index (χ4n) is 3.84. The van der Waals surface area contributed by atoms with Gasteiger partial charge in [-0.25, -0.2) is 0 Å². The summed E-state index contributed by atoms with van der Waals surface area (Å²) in [5.41, 5.74) is 8.13. The van der Waals surface area contributed by atoms with Crippen LogP contribution >= 0.6 is 0 Å². The normalized spacial score (nSPS) is 15.3. The molecular formula is C23H20N2O4. The number of ether oxygens (including phenoxy) is 4. The van der Waals surface area contributed by atoms with Gasteiger partial charge in [-0.3, -0.25) is 0 Å². The summed E-state index contributed by atoms with van der Waals surface area (Å²) in [7, 11) is 4.67. The van der Waals surface area contributed by atoms with E-state index in [1.165, 1.54) is 0 Å². The molecule has 0 saturated heterocycles. The summed E-state index contributed by atoms with van der Waals surface area (Å²) in [5, 5.41) is 11.9. The third kappa shape index (κ3) is 2.88. The predicted octanol–water partition coefficient (Wildman–Crippen LogP) is 4.08. The van der Waals surface area contributed by atoms with Crippen molar-refractivity contribution in [3.63, 3.8) is 0 Å². The minimum Gasteiger partial charge on any atom is -0.493 e. The number of allylic oxidation sites excluding steroid dienone is 1. The van der Waals surface area contributed by atoms with Crippen molar-refractivity contribution in [2.45, 2.75) is 5.92 Å². The highest BCUT2D eigenvalue weighted by Gasteiger charge is 2.33. The SMILES string of the molecule is COc1cc([C@H]2C(C#N)=C(N)Oc3ccc4ccccc4c32)cc(OC)c1OC. The Morgan fingerprint density at radius 3 is 2.28 bits per heavy atom. The Morgan fingerprint density at radius 1 is 0.966 bits per heavy atom. The second kappa shape index (κ2) is 7.28. The van der Waals surface area contributed by atoms with Gasteiger partial charge in [0.1, 0.15) is 17.4 Å². The molecule has 0 saturated carbocycles. The number of hydrogen-bond donors (Lipinski definition) is 1. The van der Waals surface area contributed by atoms with Gasteiger partial charge in [-0.05, 0) is 34.5 Å². The Balaban J connectivity index is 2.05. The van der Waals surface area contributed by atoms with Crippen molar-refractivity contribution in [3.05, 3.63) is 71.1 Å². The first-order valence-electron chi connectivity index (χ1n) is 9.02. The van der Waals surface area contributed by atoms with Crippen molar-refractivity contribution in [3.8, 4) is 29.1 Å². The van der Waals surface area contributed by atoms with Crippen LogP contribution in [0, 0.1) is 11.3 Å². The van der Waals surface area contributed by atoms with Gasteiger partial charge < -0.3 is 24.7 Å². The van der Waals surface area contributed by atoms with Crippen LogP contribution in [0.1, 0.15) is 17.0 Å². The first-order chi connectivity index (χ1) is 14.1. The first-order valence-corrected chi connectivity index (χ1v) is 9.02. The van der Waals surface area contributed by atoms with Crippen LogP contribution in [0.4, 0.5) is 0 Å². The van der Waals surface area contributed by atoms with Crippen molar-refractivity contribution in [1.29, 1.82) is 5.26 Å². The fourth-order valence-corrected chi connectivity index (χ4v) is 3.84. The van der Waals surface area contributed by atoms with Crippen LogP contribution in [-0.4, -0.2) is 21.3 Å². The molecule has 3 aromatic rings. The number of nitrogens with zero attached hydrogens (tertiary/aromatic N) is 1. The molecular weight excluding hydrogens is 368 g/mol. The van der Waals surface area contributed by atoms with Crippen molar-refractivity contribution >= 4 is 10.8 Å². The summed E-state index contributed by atoms with van der Waals surface area (Å²) in [6.07, 6.45) is 0. The maximum atomic E-state index is 9.89. The number of methoxy groups -OCH3 is 3. The maximum absolute atomic E-state index is 9.89. The van der Waals surface area contributed by atoms with Gasteiger partial charge >= 0.3 is 0 Å². The quantitative estimate of drug-likeness (QED) is 0.725. The minimum atomic E-state index is -0.441. The molecule has 0 unspecified atom stereocenters. The van der Waals surface area contributed by atoms with Crippen molar-refractivity contribution in [2.75, 3.05) is 21.3 Å². The first kappa shape index (κ1) is 18.5. The third-order valence-electron chi connectivity index (χ3n) is 5.13. The molecule has 2 N–H and O–H groups in total. The summed E-state index contributed by atoms with van der Waals surface area (Å²) >= 11 is 0. The topological polar surface area (TPSA) is 86.7 Å². The van der Waals surface area contributed by atoms with Gasteiger partial charge in [-0.15, -0.1) is 0 Å². The molecule has 0 aromatic heterocycles. The maximum Gasteiger partial charge on any atom is 0.205 e. The van der Waals surface area contributed by atoms with E-state index in [1.807, 2.05) is 48.5 Å². The lowest BCUT2D eigenvalue weighted by atomic mass is 9.81. The van der Waals surface area contributed by atoms with E-state index >= 15 is 0 Å². The number of fused-ring (bicyclic) bond motifs is 3. The molecule has 4 rings (SSSR count). The Bertz CT molecular complexity index is 1150. The molecule has 1 heterocycles. The molecule has 0 fully saturated rings. The van der Waals surface area contributed by atoms with Gasteiger partial charge in [0.15, 0.2) is 11.5 Å². The average molecular weight is 388 g/mol. The number of rotatable bonds is 4. The molecule has 146 valence electrons. The zero-order chi connectivity index (χ0) is 20.5. The van der Waals surface area contributed by atoms with E-state index in [0.29, 0.717) is 28.6 Å². The van der Waals surface area contributed by atoms with Gasteiger partial charge in [-0.2, -0.15) is 5.26 Å². The molecule has 29 heavy (non-hydrogen) atoms. The lowest BCUT2D eigenvalue weighted by molar-refractivity contribution is 0.323. The fraction of sp³-hybridized carbons (Fsp3) is 0.174. The summed E-state index contributed by atoms with van der Waals surface area (Å²) in [6.45, 7) is 0. The Kier molecular flexibility index (Phi) is 4.65. The third-order valence-corrected chi connectivity index (χ3v) is 5.13. The molecule has 1 atom stereocenters. The Hall–Kier alpha value is -3.85. The molecule has 0 aliphatic carbocycles. The van der Waals surface area contributed by atoms with E-state index in [0.717, 1.165) is 21.9 Å². The highest BCUT2D eigenvalue weighted by Crippen LogP contribution is 2.49. The molecule has 6 heteroatoms. The van der Waals surface area contributed by atoms with E-state index in [2.05, 4.69) is 6.07 Å². The van der Waals surface area contributed by atoms with E-state index in [4.69, 9.17) is 24.7 Å². The predicted molar refractivity (Wildman–Crippen MR) is 109 cm³/mol. The molecule has 0 spiro atoms. The zero-order valence-electron chi connectivity index (χ0n) is 16.4. The van der Waals surface area contributed by atoms with Gasteiger partial charge in [0.2, 0.25) is 11.6 Å². The Morgan fingerprint density at radius 2 is 1.66 bits per heavy atom. The molecule has 3 aromatic carbocycles. The van der Waals surface area contributed by atoms with Crippen molar-refractivity contribution < 1.29 is 18.9 Å². The van der Waals surface area contributed by atoms with E-state index in [9.17, 15) is 5.26 Å². The highest BCUT2D eigenvalue weighted by molar-refractivity contribution is 5.90. The monoisotopic (exact) mass is 388 g/mol. The van der Waals surface area contributed by atoms with Crippen LogP contribution < -0.4 is 24.7 Å². The van der Waals surface area contributed by atoms with Gasteiger partial charge in [0.05, 0.1) is 27.2 Å². The van der Waals surface area contributed by atoms with E-state index in [1.54, 1.807) is 21.3 Å². The second-order valence-electron chi connectivity index (χ2n) is 6.58. The summed E-state index contributed by atoms with van der Waals surface area (Å²) in [5.74, 6) is 1.77. The smallest absolute Gasteiger partial charge is 0.205 e. The molecule has 0 radical (unpaired) electrons. The number of benzene rings is 3. The van der Waals surface area contributed by atoms with Crippen LogP contribution in [0.25, 0.3) is 10.8 Å². The zero-order valence-corrected chi connectivity index (χ0v) is 16.4. The lowest BCUT2D eigenvalue weighted by Crippen LogP contribution is -2.21. The largest absolute Gasteiger partial charge is 0.493 e. The average Bonchev–Trinajstić information content (AvgIpc) is 2.76. The Labute approximate surface area is 168 Å². The van der Waals surface area contributed by atoms with Crippen LogP contribution in [0.3, 0.4) is 0 Å². The van der Waals surface area contributed by atoms with Gasteiger partial charge in [-0.1, -0.05) is 30.3 Å². The number of hydrogen-bond acceptors (Lipinski definition) is 6. The molecule has 0 amide bonds. The van der Waals surface area contributed by atoms with Crippen LogP contribution in [-0.2, 0) is 0 Å². The van der Waals surface area contributed by atoms with Crippen LogP contribution in [0.2, 0.25) is 0 Å². The highest BCUT2D eigenvalue weighted by atomic mass is 16.5. The van der Waals surface area contributed by atoms with E-state index in [-0.39, 0.29) is 5.88 Å². The molecule has 1 aliphatic heterocycles. The van der Waals surface area contributed by atoms with Gasteiger partial charge in [0, 0.05) is 5.56 Å². The van der Waals surface area contributed by atoms with Crippen molar-refractivity contribution in [2.24, 2.45) is 5.73 Å². The minimum absolute atomic E-state index is 0.0917. The van der Waals surface area contributed by atoms with Crippen molar-refractivity contribution in [1.82, 2.24) is 0 Å². The van der Waals surface area contributed by atoms with E-state index < -0.39 is 5.92 Å². The standard InChI is InChI=1S/C23H20N2O4/c1-26-18-10-14(11-19(27-2)22(18)28-3)20-16(12-24)23(25)29-17-9-8-13-6-4-5-7-15(13)21(17)20/h4-11,20H,25H2,1-3H3/t20-/m0/s1. The molecule has 1 aliphatic rings. The lowest BCUT2D eigenvalue weighted by Gasteiger charge is -2.28.